The minimum Gasteiger partial charge on any atom is -0.481 e. The van der Waals surface area contributed by atoms with Crippen molar-refractivity contribution in [3.8, 4) is 5.88 Å². The number of hydrogen-bond donors (Lipinski definition) is 2. The van der Waals surface area contributed by atoms with Gasteiger partial charge in [-0.15, -0.1) is 0 Å². The van der Waals surface area contributed by atoms with Crippen molar-refractivity contribution in [2.75, 3.05) is 19.9 Å². The first kappa shape index (κ1) is 27.2. The fraction of sp³-hybridized carbons (Fsp3) is 0.300. The second kappa shape index (κ2) is 10.3. The number of sulfone groups is 1. The monoisotopic (exact) mass is 552 g/mol. The second-order valence-electron chi connectivity index (χ2n) is 10.3. The number of rotatable bonds is 6. The smallest absolute Gasteiger partial charge is 0.217 e. The van der Waals surface area contributed by atoms with E-state index in [-0.39, 0.29) is 29.1 Å². The Hall–Kier alpha value is -3.40. The fourth-order valence-corrected chi connectivity index (χ4v) is 6.34. The average molecular weight is 553 g/mol. The van der Waals surface area contributed by atoms with Gasteiger partial charge in [-0.1, -0.05) is 18.2 Å². The van der Waals surface area contributed by atoms with Gasteiger partial charge in [-0.05, 0) is 91.5 Å². The Bertz CT molecular complexity index is 1640. The molecule has 2 N–H and O–H groups in total. The molecule has 4 aromatic rings. The molecular formula is C30H30F2N2O4S. The molecule has 0 bridgehead atoms. The first-order valence-corrected chi connectivity index (χ1v) is 14.5. The van der Waals surface area contributed by atoms with E-state index in [4.69, 9.17) is 4.74 Å². The van der Waals surface area contributed by atoms with Gasteiger partial charge in [0.1, 0.15) is 11.6 Å². The molecule has 6 nitrogen and oxygen atoms in total. The summed E-state index contributed by atoms with van der Waals surface area (Å²) in [5.41, 5.74) is 2.08. The third-order valence-electron chi connectivity index (χ3n) is 7.57. The number of aromatic nitrogens is 1. The predicted octanol–water partition coefficient (Wildman–Crippen LogP) is 5.22. The summed E-state index contributed by atoms with van der Waals surface area (Å²) in [4.78, 5) is 4.77. The molecule has 0 radical (unpaired) electrons. The van der Waals surface area contributed by atoms with Crippen molar-refractivity contribution in [1.29, 1.82) is 0 Å². The minimum atomic E-state index is -3.43. The van der Waals surface area contributed by atoms with E-state index in [0.29, 0.717) is 35.0 Å². The van der Waals surface area contributed by atoms with E-state index >= 15 is 0 Å². The van der Waals surface area contributed by atoms with Crippen molar-refractivity contribution in [2.24, 2.45) is 0 Å². The molecule has 1 aliphatic rings. The number of ether oxygens (including phenoxy) is 1. The Morgan fingerprint density at radius 2 is 1.74 bits per heavy atom. The largest absolute Gasteiger partial charge is 0.481 e. The summed E-state index contributed by atoms with van der Waals surface area (Å²) in [6.45, 7) is 2.31. The number of methoxy groups -OCH3 is 1. The average Bonchev–Trinajstić information content (AvgIpc) is 2.88. The first-order valence-electron chi connectivity index (χ1n) is 12.6. The highest BCUT2D eigenvalue weighted by Crippen LogP contribution is 2.47. The fourth-order valence-electron chi connectivity index (χ4n) is 5.71. The Morgan fingerprint density at radius 3 is 2.41 bits per heavy atom. The first-order chi connectivity index (χ1) is 18.5. The third kappa shape index (κ3) is 5.39. The van der Waals surface area contributed by atoms with E-state index in [1.165, 1.54) is 43.5 Å². The Kier molecular flexibility index (Phi) is 7.17. The number of piperidine rings is 1. The Morgan fingerprint density at radius 1 is 1.05 bits per heavy atom. The van der Waals surface area contributed by atoms with Crippen LogP contribution in [0.4, 0.5) is 8.78 Å². The zero-order valence-electron chi connectivity index (χ0n) is 21.9. The maximum absolute atomic E-state index is 14.2. The number of aliphatic hydroxyl groups is 1. The Balaban J connectivity index is 1.68. The minimum absolute atomic E-state index is 0.160. The number of hydrogen-bond acceptors (Lipinski definition) is 6. The summed E-state index contributed by atoms with van der Waals surface area (Å²) in [5, 5.41) is 16.4. The topological polar surface area (TPSA) is 88.5 Å². The van der Waals surface area contributed by atoms with E-state index in [2.05, 4.69) is 10.3 Å². The number of pyridine rings is 1. The summed E-state index contributed by atoms with van der Waals surface area (Å²) in [7, 11) is -1.94. The van der Waals surface area contributed by atoms with E-state index < -0.39 is 27.2 Å². The van der Waals surface area contributed by atoms with Gasteiger partial charge in [-0.2, -0.15) is 0 Å². The molecule has 204 valence electrons. The molecule has 5 rings (SSSR count). The summed E-state index contributed by atoms with van der Waals surface area (Å²) in [6.07, 6.45) is 1.79. The molecule has 3 aromatic carbocycles. The molecule has 1 fully saturated rings. The molecule has 0 saturated carbocycles. The van der Waals surface area contributed by atoms with Crippen LogP contribution >= 0.6 is 0 Å². The number of benzene rings is 3. The lowest BCUT2D eigenvalue weighted by Gasteiger charge is -2.44. The highest BCUT2D eigenvalue weighted by molar-refractivity contribution is 7.90. The zero-order valence-corrected chi connectivity index (χ0v) is 22.7. The normalized spacial score (nSPS) is 20.6. The SMILES string of the molecule is COc1nc2ccc(F)cc2cc1C(c1ccc(S(C)(=O)=O)cc1)C1(O)CCNC(c2ccc(F)cc2C)C1. The van der Waals surface area contributed by atoms with Gasteiger partial charge in [0.15, 0.2) is 9.84 Å². The third-order valence-corrected chi connectivity index (χ3v) is 8.69. The van der Waals surface area contributed by atoms with Crippen molar-refractivity contribution in [1.82, 2.24) is 10.3 Å². The standard InChI is InChI=1S/C30H30F2N2O4S/c1-18-14-21(31)6-10-24(18)27-17-30(35,12-13-33-27)28(19-4-8-23(9-5-19)39(3,36)37)25-16-20-15-22(32)7-11-26(20)34-29(25)38-2/h4-11,14-16,27-28,33,35H,12-13,17H2,1-3H3. The molecule has 3 unspecified atom stereocenters. The maximum Gasteiger partial charge on any atom is 0.217 e. The van der Waals surface area contributed by atoms with Crippen molar-refractivity contribution < 1.29 is 27.0 Å². The van der Waals surface area contributed by atoms with Crippen LogP contribution in [-0.2, 0) is 9.84 Å². The van der Waals surface area contributed by atoms with E-state index in [1.807, 2.05) is 6.92 Å². The summed E-state index contributed by atoms with van der Waals surface area (Å²) in [5.74, 6) is -1.15. The molecule has 2 heterocycles. The van der Waals surface area contributed by atoms with Crippen molar-refractivity contribution >= 4 is 20.7 Å². The van der Waals surface area contributed by atoms with E-state index in [1.54, 1.807) is 30.3 Å². The van der Waals surface area contributed by atoms with Gasteiger partial charge in [0, 0.05) is 29.2 Å². The van der Waals surface area contributed by atoms with Crippen LogP contribution in [0.2, 0.25) is 0 Å². The lowest BCUT2D eigenvalue weighted by atomic mass is 9.70. The molecule has 0 aliphatic carbocycles. The lowest BCUT2D eigenvalue weighted by molar-refractivity contribution is -0.0197. The lowest BCUT2D eigenvalue weighted by Crippen LogP contribution is -2.48. The molecular weight excluding hydrogens is 522 g/mol. The molecule has 0 amide bonds. The highest BCUT2D eigenvalue weighted by Gasteiger charge is 2.45. The van der Waals surface area contributed by atoms with Crippen LogP contribution in [0.3, 0.4) is 0 Å². The molecule has 39 heavy (non-hydrogen) atoms. The van der Waals surface area contributed by atoms with Crippen LogP contribution in [-0.4, -0.2) is 44.0 Å². The quantitative estimate of drug-likeness (QED) is 0.341. The number of fused-ring (bicyclic) bond motifs is 1. The summed E-state index contributed by atoms with van der Waals surface area (Å²) >= 11 is 0. The van der Waals surface area contributed by atoms with Crippen molar-refractivity contribution in [2.45, 2.75) is 42.2 Å². The van der Waals surface area contributed by atoms with Gasteiger partial charge >= 0.3 is 0 Å². The molecule has 9 heteroatoms. The van der Waals surface area contributed by atoms with Gasteiger partial charge in [0.25, 0.3) is 0 Å². The van der Waals surface area contributed by atoms with Crippen LogP contribution < -0.4 is 10.1 Å². The molecule has 3 atom stereocenters. The second-order valence-corrected chi connectivity index (χ2v) is 12.3. The highest BCUT2D eigenvalue weighted by atomic mass is 32.2. The maximum atomic E-state index is 14.2. The van der Waals surface area contributed by atoms with Crippen molar-refractivity contribution in [3.05, 3.63) is 101 Å². The van der Waals surface area contributed by atoms with Gasteiger partial charge in [-0.25, -0.2) is 22.2 Å². The van der Waals surface area contributed by atoms with Gasteiger partial charge in [-0.3, -0.25) is 0 Å². The molecule has 0 spiro atoms. The van der Waals surface area contributed by atoms with Crippen LogP contribution in [0.15, 0.2) is 71.6 Å². The van der Waals surface area contributed by atoms with Gasteiger partial charge in [0.05, 0.1) is 23.1 Å². The number of halogens is 2. The van der Waals surface area contributed by atoms with Crippen molar-refractivity contribution in [3.63, 3.8) is 0 Å². The molecule has 1 saturated heterocycles. The van der Waals surface area contributed by atoms with E-state index in [9.17, 15) is 22.3 Å². The Labute approximate surface area is 226 Å². The van der Waals surface area contributed by atoms with Gasteiger partial charge in [0.2, 0.25) is 5.88 Å². The van der Waals surface area contributed by atoms with Crippen LogP contribution in [0.1, 0.15) is 47.1 Å². The number of nitrogens with one attached hydrogen (secondary N) is 1. The summed E-state index contributed by atoms with van der Waals surface area (Å²) < 4.78 is 57.9. The van der Waals surface area contributed by atoms with Gasteiger partial charge < -0.3 is 15.2 Å². The molecule has 1 aromatic heterocycles. The van der Waals surface area contributed by atoms with Crippen LogP contribution in [0, 0.1) is 18.6 Å². The van der Waals surface area contributed by atoms with Crippen LogP contribution in [0.5, 0.6) is 5.88 Å². The number of aryl methyl sites for hydroxylation is 1. The summed E-state index contributed by atoms with van der Waals surface area (Å²) in [6, 6.07) is 16.8. The van der Waals surface area contributed by atoms with E-state index in [0.717, 1.165) is 17.4 Å². The molecule has 1 aliphatic heterocycles. The predicted molar refractivity (Wildman–Crippen MR) is 146 cm³/mol. The van der Waals surface area contributed by atoms with Crippen LogP contribution in [0.25, 0.3) is 10.9 Å². The number of nitrogens with zero attached hydrogens (tertiary/aromatic N) is 1. The zero-order chi connectivity index (χ0) is 27.9.